The first-order valence-electron chi connectivity index (χ1n) is 4.37. The van der Waals surface area contributed by atoms with E-state index in [9.17, 15) is 14.6 Å². The summed E-state index contributed by atoms with van der Waals surface area (Å²) < 4.78 is 12.3. The van der Waals surface area contributed by atoms with Crippen molar-refractivity contribution >= 4 is 0 Å². The summed E-state index contributed by atoms with van der Waals surface area (Å²) in [7, 11) is 0. The Morgan fingerprint density at radius 1 is 1.50 bits per heavy atom. The van der Waals surface area contributed by atoms with Crippen LogP contribution in [0.4, 0.5) is 4.39 Å². The molecule has 0 heterocycles. The molecule has 3 nitrogen and oxygen atoms in total. The van der Waals surface area contributed by atoms with Crippen LogP contribution in [-0.4, -0.2) is 16.3 Å². The van der Waals surface area contributed by atoms with E-state index in [1.54, 1.807) is 6.92 Å². The molecule has 0 aromatic heterocycles. The standard InChI is InChI=1S/C10H14FNO2/c1-6(12)10(14)8-4-7(5-11)2-3-9(8)13/h2-4,6,10,13-14H,5,12H2,1H3. The van der Waals surface area contributed by atoms with Gasteiger partial charge in [0.2, 0.25) is 0 Å². The topological polar surface area (TPSA) is 66.5 Å². The van der Waals surface area contributed by atoms with Crippen LogP contribution in [0.25, 0.3) is 0 Å². The summed E-state index contributed by atoms with van der Waals surface area (Å²) in [5.41, 5.74) is 6.16. The zero-order chi connectivity index (χ0) is 10.7. The fourth-order valence-corrected chi connectivity index (χ4v) is 1.21. The van der Waals surface area contributed by atoms with Crippen LogP contribution in [0.5, 0.6) is 5.75 Å². The first-order valence-corrected chi connectivity index (χ1v) is 4.37. The minimum absolute atomic E-state index is 0.0630. The van der Waals surface area contributed by atoms with Gasteiger partial charge in [-0.05, 0) is 24.6 Å². The maximum Gasteiger partial charge on any atom is 0.121 e. The third kappa shape index (κ3) is 2.21. The van der Waals surface area contributed by atoms with Crippen LogP contribution in [-0.2, 0) is 6.67 Å². The monoisotopic (exact) mass is 199 g/mol. The Morgan fingerprint density at radius 2 is 2.14 bits per heavy atom. The third-order valence-electron chi connectivity index (χ3n) is 2.06. The Kier molecular flexibility index (Phi) is 3.43. The number of halogens is 1. The van der Waals surface area contributed by atoms with E-state index in [1.165, 1.54) is 18.2 Å². The second-order valence-corrected chi connectivity index (χ2v) is 3.33. The number of aromatic hydroxyl groups is 1. The minimum atomic E-state index is -0.971. The molecule has 4 heteroatoms. The highest BCUT2D eigenvalue weighted by Crippen LogP contribution is 2.27. The zero-order valence-corrected chi connectivity index (χ0v) is 7.94. The molecule has 0 saturated carbocycles. The Hall–Kier alpha value is -1.13. The van der Waals surface area contributed by atoms with Crippen LogP contribution in [0.1, 0.15) is 24.2 Å². The first kappa shape index (κ1) is 10.9. The number of hydrogen-bond acceptors (Lipinski definition) is 3. The molecule has 0 aliphatic rings. The smallest absolute Gasteiger partial charge is 0.121 e. The number of rotatable bonds is 3. The van der Waals surface area contributed by atoms with Gasteiger partial charge in [0.05, 0.1) is 6.10 Å². The highest BCUT2D eigenvalue weighted by Gasteiger charge is 2.16. The normalized spacial score (nSPS) is 15.1. The van der Waals surface area contributed by atoms with E-state index in [2.05, 4.69) is 0 Å². The number of hydrogen-bond donors (Lipinski definition) is 3. The average Bonchev–Trinajstić information content (AvgIpc) is 2.17. The Labute approximate surface area is 82.0 Å². The molecule has 0 spiro atoms. The van der Waals surface area contributed by atoms with Crippen LogP contribution in [0.15, 0.2) is 18.2 Å². The van der Waals surface area contributed by atoms with Crippen molar-refractivity contribution in [1.82, 2.24) is 0 Å². The molecule has 2 unspecified atom stereocenters. The summed E-state index contributed by atoms with van der Waals surface area (Å²) in [6.07, 6.45) is -0.971. The van der Waals surface area contributed by atoms with Crippen molar-refractivity contribution in [3.8, 4) is 5.75 Å². The van der Waals surface area contributed by atoms with Gasteiger partial charge in [0.15, 0.2) is 0 Å². The number of alkyl halides is 1. The van der Waals surface area contributed by atoms with Crippen molar-refractivity contribution in [3.05, 3.63) is 29.3 Å². The predicted octanol–water partition coefficient (Wildman–Crippen LogP) is 1.24. The van der Waals surface area contributed by atoms with Gasteiger partial charge in [-0.15, -0.1) is 0 Å². The molecular weight excluding hydrogens is 185 g/mol. The fraction of sp³-hybridized carbons (Fsp3) is 0.400. The molecule has 0 saturated heterocycles. The molecule has 0 aliphatic heterocycles. The molecule has 14 heavy (non-hydrogen) atoms. The van der Waals surface area contributed by atoms with Crippen LogP contribution < -0.4 is 5.73 Å². The summed E-state index contributed by atoms with van der Waals surface area (Å²) in [6, 6.07) is 3.74. The highest BCUT2D eigenvalue weighted by atomic mass is 19.1. The second-order valence-electron chi connectivity index (χ2n) is 3.33. The van der Waals surface area contributed by atoms with Crippen molar-refractivity contribution in [3.63, 3.8) is 0 Å². The number of nitrogens with two attached hydrogens (primary N) is 1. The summed E-state index contributed by atoms with van der Waals surface area (Å²) in [4.78, 5) is 0. The molecule has 78 valence electrons. The van der Waals surface area contributed by atoms with E-state index >= 15 is 0 Å². The number of benzene rings is 1. The van der Waals surface area contributed by atoms with Crippen molar-refractivity contribution in [2.75, 3.05) is 0 Å². The lowest BCUT2D eigenvalue weighted by Crippen LogP contribution is -2.24. The van der Waals surface area contributed by atoms with Gasteiger partial charge in [0, 0.05) is 11.6 Å². The van der Waals surface area contributed by atoms with E-state index in [0.717, 1.165) is 0 Å². The Bertz CT molecular complexity index is 315. The van der Waals surface area contributed by atoms with Crippen LogP contribution in [0, 0.1) is 0 Å². The van der Waals surface area contributed by atoms with Crippen LogP contribution >= 0.6 is 0 Å². The Balaban J connectivity index is 3.05. The van der Waals surface area contributed by atoms with Gasteiger partial charge >= 0.3 is 0 Å². The van der Waals surface area contributed by atoms with E-state index in [0.29, 0.717) is 5.56 Å². The molecule has 0 aliphatic carbocycles. The van der Waals surface area contributed by atoms with Gasteiger partial charge in [0.1, 0.15) is 12.4 Å². The van der Waals surface area contributed by atoms with Crippen LogP contribution in [0.3, 0.4) is 0 Å². The fourth-order valence-electron chi connectivity index (χ4n) is 1.21. The van der Waals surface area contributed by atoms with Gasteiger partial charge < -0.3 is 15.9 Å². The largest absolute Gasteiger partial charge is 0.508 e. The summed E-state index contributed by atoms with van der Waals surface area (Å²) in [5, 5.41) is 19.0. The van der Waals surface area contributed by atoms with Crippen LogP contribution in [0.2, 0.25) is 0 Å². The average molecular weight is 199 g/mol. The van der Waals surface area contributed by atoms with Gasteiger partial charge in [-0.3, -0.25) is 0 Å². The molecule has 0 fully saturated rings. The van der Waals surface area contributed by atoms with E-state index < -0.39 is 18.8 Å². The van der Waals surface area contributed by atoms with Gasteiger partial charge in [-0.1, -0.05) is 6.07 Å². The second kappa shape index (κ2) is 4.39. The first-order chi connectivity index (χ1) is 6.56. The minimum Gasteiger partial charge on any atom is -0.508 e. The molecular formula is C10H14FNO2. The Morgan fingerprint density at radius 3 is 2.64 bits per heavy atom. The highest BCUT2D eigenvalue weighted by molar-refractivity contribution is 5.38. The van der Waals surface area contributed by atoms with E-state index in [4.69, 9.17) is 5.73 Å². The predicted molar refractivity (Wildman–Crippen MR) is 51.5 cm³/mol. The number of aliphatic hydroxyl groups excluding tert-OH is 1. The third-order valence-corrected chi connectivity index (χ3v) is 2.06. The number of aliphatic hydroxyl groups is 1. The molecule has 0 bridgehead atoms. The van der Waals surface area contributed by atoms with Crippen molar-refractivity contribution in [2.24, 2.45) is 5.73 Å². The van der Waals surface area contributed by atoms with E-state index in [-0.39, 0.29) is 11.3 Å². The number of phenolic OH excluding ortho intramolecular Hbond substituents is 1. The summed E-state index contributed by atoms with van der Waals surface area (Å²) in [5.74, 6) is -0.0630. The summed E-state index contributed by atoms with van der Waals surface area (Å²) >= 11 is 0. The molecule has 2 atom stereocenters. The molecule has 1 aromatic rings. The number of phenols is 1. The van der Waals surface area contributed by atoms with Crippen molar-refractivity contribution < 1.29 is 14.6 Å². The quantitative estimate of drug-likeness (QED) is 0.686. The van der Waals surface area contributed by atoms with Crippen molar-refractivity contribution in [1.29, 1.82) is 0 Å². The molecule has 1 rings (SSSR count). The maximum atomic E-state index is 12.3. The zero-order valence-electron chi connectivity index (χ0n) is 7.94. The van der Waals surface area contributed by atoms with Gasteiger partial charge in [0.25, 0.3) is 0 Å². The molecule has 1 aromatic carbocycles. The molecule has 4 N–H and O–H groups in total. The lowest BCUT2D eigenvalue weighted by molar-refractivity contribution is 0.150. The lowest BCUT2D eigenvalue weighted by atomic mass is 10.0. The summed E-state index contributed by atoms with van der Waals surface area (Å²) in [6.45, 7) is 0.991. The van der Waals surface area contributed by atoms with E-state index in [1.807, 2.05) is 0 Å². The molecule has 0 amide bonds. The van der Waals surface area contributed by atoms with Gasteiger partial charge in [-0.2, -0.15) is 0 Å². The SMILES string of the molecule is CC(N)C(O)c1cc(CF)ccc1O. The van der Waals surface area contributed by atoms with Crippen molar-refractivity contribution in [2.45, 2.75) is 25.7 Å². The van der Waals surface area contributed by atoms with Gasteiger partial charge in [-0.25, -0.2) is 4.39 Å². The maximum absolute atomic E-state index is 12.3. The lowest BCUT2D eigenvalue weighted by Gasteiger charge is -2.16. The molecule has 0 radical (unpaired) electrons.